The minimum absolute atomic E-state index is 0.169. The lowest BCUT2D eigenvalue weighted by atomic mass is 9.97. The van der Waals surface area contributed by atoms with Crippen molar-refractivity contribution in [2.45, 2.75) is 12.5 Å². The molecule has 1 atom stereocenters. The lowest BCUT2D eigenvalue weighted by molar-refractivity contribution is 0.0411. The molecule has 3 aromatic rings. The monoisotopic (exact) mass is 351 g/mol. The molecular formula is C20H18FN3O2. The Kier molecular flexibility index (Phi) is 4.50. The van der Waals surface area contributed by atoms with Gasteiger partial charge in [-0.1, -0.05) is 36.4 Å². The van der Waals surface area contributed by atoms with Gasteiger partial charge in [0.05, 0.1) is 12.3 Å². The summed E-state index contributed by atoms with van der Waals surface area (Å²) >= 11 is 0. The fourth-order valence-electron chi connectivity index (χ4n) is 3.17. The van der Waals surface area contributed by atoms with E-state index in [9.17, 15) is 9.18 Å². The average Bonchev–Trinajstić information content (AvgIpc) is 3.16. The molecular weight excluding hydrogens is 333 g/mol. The smallest absolute Gasteiger partial charge is 0.269 e. The molecule has 1 amide bonds. The largest absolute Gasteiger partial charge is 0.371 e. The first-order valence-corrected chi connectivity index (χ1v) is 8.50. The Bertz CT molecular complexity index is 938. The molecule has 1 aliphatic rings. The summed E-state index contributed by atoms with van der Waals surface area (Å²) in [6, 6.07) is 16.0. The van der Waals surface area contributed by atoms with Gasteiger partial charge in [-0.3, -0.25) is 9.89 Å². The molecule has 1 aromatic heterocycles. The Labute approximate surface area is 150 Å². The van der Waals surface area contributed by atoms with Crippen molar-refractivity contribution >= 4 is 5.91 Å². The van der Waals surface area contributed by atoms with Crippen LogP contribution >= 0.6 is 0 Å². The van der Waals surface area contributed by atoms with Crippen LogP contribution in [0.4, 0.5) is 4.39 Å². The minimum Gasteiger partial charge on any atom is -0.371 e. The molecule has 1 aliphatic heterocycles. The van der Waals surface area contributed by atoms with Gasteiger partial charge in [0.1, 0.15) is 17.6 Å². The summed E-state index contributed by atoms with van der Waals surface area (Å²) in [5, 5.41) is 9.57. The summed E-state index contributed by atoms with van der Waals surface area (Å²) in [4.78, 5) is 12.4. The SMILES string of the molecule is O=C(NCC1OCCc2ccccc21)c1cc(-c2ccccc2F)n[nH]1. The number of rotatable bonds is 4. The molecule has 0 bridgehead atoms. The number of nitrogens with one attached hydrogen (secondary N) is 2. The fraction of sp³-hybridized carbons (Fsp3) is 0.200. The zero-order valence-corrected chi connectivity index (χ0v) is 14.0. The summed E-state index contributed by atoms with van der Waals surface area (Å²) in [6.45, 7) is 1.00. The number of aromatic nitrogens is 2. The van der Waals surface area contributed by atoms with Crippen molar-refractivity contribution in [2.24, 2.45) is 0 Å². The summed E-state index contributed by atoms with van der Waals surface area (Å²) < 4.78 is 19.6. The Morgan fingerprint density at radius 2 is 2.04 bits per heavy atom. The maximum Gasteiger partial charge on any atom is 0.269 e. The first-order valence-electron chi connectivity index (χ1n) is 8.50. The number of carbonyl (C=O) groups excluding carboxylic acids is 1. The number of nitrogens with zero attached hydrogens (tertiary/aromatic N) is 1. The van der Waals surface area contributed by atoms with E-state index in [-0.39, 0.29) is 23.5 Å². The van der Waals surface area contributed by atoms with Crippen LogP contribution in [-0.2, 0) is 11.2 Å². The molecule has 0 radical (unpaired) electrons. The maximum atomic E-state index is 13.8. The molecule has 1 unspecified atom stereocenters. The average molecular weight is 351 g/mol. The van der Waals surface area contributed by atoms with E-state index in [2.05, 4.69) is 21.6 Å². The van der Waals surface area contributed by atoms with Crippen LogP contribution in [-0.4, -0.2) is 29.3 Å². The highest BCUT2D eigenvalue weighted by molar-refractivity contribution is 5.93. The number of halogens is 1. The Morgan fingerprint density at radius 3 is 2.92 bits per heavy atom. The van der Waals surface area contributed by atoms with Gasteiger partial charge in [0.15, 0.2) is 0 Å². The predicted molar refractivity (Wildman–Crippen MR) is 95.2 cm³/mol. The van der Waals surface area contributed by atoms with Gasteiger partial charge in [0.2, 0.25) is 0 Å². The van der Waals surface area contributed by atoms with Gasteiger partial charge in [-0.25, -0.2) is 4.39 Å². The Hall–Kier alpha value is -2.99. The summed E-state index contributed by atoms with van der Waals surface area (Å²) in [5.41, 5.74) is 3.39. The molecule has 4 rings (SSSR count). The molecule has 5 nitrogen and oxygen atoms in total. The van der Waals surface area contributed by atoms with Gasteiger partial charge < -0.3 is 10.1 Å². The summed E-state index contributed by atoms with van der Waals surface area (Å²) in [5.74, 6) is -0.676. The van der Waals surface area contributed by atoms with Crippen molar-refractivity contribution in [1.29, 1.82) is 0 Å². The van der Waals surface area contributed by atoms with Crippen LogP contribution in [0.25, 0.3) is 11.3 Å². The van der Waals surface area contributed by atoms with Crippen molar-refractivity contribution in [3.8, 4) is 11.3 Å². The number of benzene rings is 2. The van der Waals surface area contributed by atoms with Gasteiger partial charge in [-0.15, -0.1) is 0 Å². The number of fused-ring (bicyclic) bond motifs is 1. The van der Waals surface area contributed by atoms with Crippen LogP contribution in [0, 0.1) is 5.82 Å². The lowest BCUT2D eigenvalue weighted by Gasteiger charge is -2.26. The molecule has 2 aromatic carbocycles. The fourth-order valence-corrected chi connectivity index (χ4v) is 3.17. The number of hydrogen-bond donors (Lipinski definition) is 2. The number of carbonyl (C=O) groups is 1. The van der Waals surface area contributed by atoms with Gasteiger partial charge in [0, 0.05) is 12.1 Å². The third kappa shape index (κ3) is 3.23. The van der Waals surface area contributed by atoms with Crippen molar-refractivity contribution in [3.05, 3.63) is 77.2 Å². The molecule has 2 heterocycles. The highest BCUT2D eigenvalue weighted by Crippen LogP contribution is 2.26. The zero-order valence-electron chi connectivity index (χ0n) is 14.0. The van der Waals surface area contributed by atoms with E-state index in [1.165, 1.54) is 11.6 Å². The number of ether oxygens (including phenoxy) is 1. The summed E-state index contributed by atoms with van der Waals surface area (Å²) in [7, 11) is 0. The van der Waals surface area contributed by atoms with E-state index in [1.54, 1.807) is 24.3 Å². The van der Waals surface area contributed by atoms with Crippen LogP contribution in [0.3, 0.4) is 0 Å². The van der Waals surface area contributed by atoms with Gasteiger partial charge in [0.25, 0.3) is 5.91 Å². The number of aromatic amines is 1. The van der Waals surface area contributed by atoms with Crippen molar-refractivity contribution < 1.29 is 13.9 Å². The lowest BCUT2D eigenvalue weighted by Crippen LogP contribution is -2.32. The van der Waals surface area contributed by atoms with Crippen LogP contribution < -0.4 is 5.32 Å². The number of hydrogen-bond acceptors (Lipinski definition) is 3. The maximum absolute atomic E-state index is 13.8. The van der Waals surface area contributed by atoms with E-state index < -0.39 is 0 Å². The quantitative estimate of drug-likeness (QED) is 0.758. The van der Waals surface area contributed by atoms with Gasteiger partial charge in [-0.2, -0.15) is 5.10 Å². The first-order chi connectivity index (χ1) is 12.7. The van der Waals surface area contributed by atoms with E-state index >= 15 is 0 Å². The normalized spacial score (nSPS) is 16.1. The van der Waals surface area contributed by atoms with E-state index in [0.717, 1.165) is 12.0 Å². The molecule has 0 aliphatic carbocycles. The van der Waals surface area contributed by atoms with Crippen LogP contribution in [0.2, 0.25) is 0 Å². The van der Waals surface area contributed by atoms with Crippen molar-refractivity contribution in [2.75, 3.05) is 13.2 Å². The van der Waals surface area contributed by atoms with Crippen molar-refractivity contribution in [3.63, 3.8) is 0 Å². The van der Waals surface area contributed by atoms with Crippen molar-refractivity contribution in [1.82, 2.24) is 15.5 Å². The second kappa shape index (κ2) is 7.09. The molecule has 0 saturated heterocycles. The molecule has 0 fully saturated rings. The minimum atomic E-state index is -0.377. The standard InChI is InChI=1S/C20H18FN3O2/c21-16-8-4-3-7-15(16)17-11-18(24-23-17)20(25)22-12-19-14-6-2-1-5-13(14)9-10-26-19/h1-8,11,19H,9-10,12H2,(H,22,25)(H,23,24). The topological polar surface area (TPSA) is 67.0 Å². The van der Waals surface area contributed by atoms with Crippen LogP contribution in [0.5, 0.6) is 0 Å². The van der Waals surface area contributed by atoms with Crippen LogP contribution in [0.15, 0.2) is 54.6 Å². The highest BCUT2D eigenvalue weighted by atomic mass is 19.1. The third-order valence-corrected chi connectivity index (χ3v) is 4.51. The van der Waals surface area contributed by atoms with E-state index in [1.807, 2.05) is 18.2 Å². The number of H-pyrrole nitrogens is 1. The Morgan fingerprint density at radius 1 is 1.23 bits per heavy atom. The van der Waals surface area contributed by atoms with Crippen LogP contribution in [0.1, 0.15) is 27.7 Å². The summed E-state index contributed by atoms with van der Waals surface area (Å²) in [6.07, 6.45) is 0.713. The zero-order chi connectivity index (χ0) is 17.9. The molecule has 26 heavy (non-hydrogen) atoms. The molecule has 0 saturated carbocycles. The third-order valence-electron chi connectivity index (χ3n) is 4.51. The molecule has 2 N–H and O–H groups in total. The molecule has 132 valence electrons. The molecule has 0 spiro atoms. The van der Waals surface area contributed by atoms with Gasteiger partial charge >= 0.3 is 0 Å². The molecule has 6 heteroatoms. The second-order valence-corrected chi connectivity index (χ2v) is 6.16. The first kappa shape index (κ1) is 16.5. The Balaban J connectivity index is 1.45. The highest BCUT2D eigenvalue weighted by Gasteiger charge is 2.21. The second-order valence-electron chi connectivity index (χ2n) is 6.16. The van der Waals surface area contributed by atoms with E-state index in [0.29, 0.717) is 24.4 Å². The van der Waals surface area contributed by atoms with Gasteiger partial charge in [-0.05, 0) is 35.7 Å². The van der Waals surface area contributed by atoms with E-state index in [4.69, 9.17) is 4.74 Å². The predicted octanol–water partition coefficient (Wildman–Crippen LogP) is 3.26. The number of amides is 1.